The molecular formula is C7H12N4O. The van der Waals surface area contributed by atoms with Crippen LogP contribution in [-0.4, -0.2) is 18.8 Å². The molecule has 0 aromatic rings. The molecule has 66 valence electrons. The van der Waals surface area contributed by atoms with Crippen LogP contribution in [0.3, 0.4) is 0 Å². The Morgan fingerprint density at radius 3 is 2.67 bits per heavy atom. The molecule has 5 nitrogen and oxygen atoms in total. The first-order chi connectivity index (χ1) is 5.57. The Morgan fingerprint density at radius 1 is 1.75 bits per heavy atom. The normalized spacial score (nSPS) is 22.5. The Balaban J connectivity index is 3.03. The van der Waals surface area contributed by atoms with Gasteiger partial charge >= 0.3 is 0 Å². The maximum atomic E-state index is 11.1. The van der Waals surface area contributed by atoms with Gasteiger partial charge in [0.15, 0.2) is 0 Å². The third-order valence-corrected chi connectivity index (χ3v) is 1.88. The number of amides is 1. The number of amidine groups is 1. The molecule has 1 unspecified atom stereocenters. The summed E-state index contributed by atoms with van der Waals surface area (Å²) in [6.07, 6.45) is 0. The molecule has 0 spiro atoms. The second-order valence-corrected chi connectivity index (χ2v) is 2.66. The molecule has 1 atom stereocenters. The van der Waals surface area contributed by atoms with Crippen LogP contribution < -0.4 is 16.4 Å². The average molecular weight is 168 g/mol. The molecule has 1 amide bonds. The third-order valence-electron chi connectivity index (χ3n) is 1.88. The molecule has 5 heteroatoms. The number of hydrogen-bond donors (Lipinski definition) is 4. The van der Waals surface area contributed by atoms with Gasteiger partial charge in [-0.25, -0.2) is 0 Å². The van der Waals surface area contributed by atoms with Crippen LogP contribution in [0.1, 0.15) is 6.92 Å². The number of carbonyl (C=O) groups is 1. The van der Waals surface area contributed by atoms with Gasteiger partial charge in [0.1, 0.15) is 11.7 Å². The maximum absolute atomic E-state index is 11.1. The average Bonchev–Trinajstić information content (AvgIpc) is 2.28. The first kappa shape index (κ1) is 8.58. The number of nitrogens with one attached hydrogen (secondary N) is 3. The summed E-state index contributed by atoms with van der Waals surface area (Å²) in [5.74, 6) is 0.0275. The van der Waals surface area contributed by atoms with Crippen molar-refractivity contribution in [1.29, 1.82) is 5.41 Å². The molecule has 1 heterocycles. The highest BCUT2D eigenvalue weighted by Gasteiger charge is 2.30. The van der Waals surface area contributed by atoms with Crippen LogP contribution in [0, 0.1) is 11.3 Å². The van der Waals surface area contributed by atoms with E-state index in [9.17, 15) is 4.79 Å². The lowest BCUT2D eigenvalue weighted by atomic mass is 10.0. The molecule has 0 saturated heterocycles. The molecule has 0 aromatic carbocycles. The van der Waals surface area contributed by atoms with Gasteiger partial charge in [-0.3, -0.25) is 10.2 Å². The molecule has 0 saturated carbocycles. The van der Waals surface area contributed by atoms with Crippen LogP contribution in [0.5, 0.6) is 0 Å². The lowest BCUT2D eigenvalue weighted by Gasteiger charge is -2.04. The fourth-order valence-electron chi connectivity index (χ4n) is 1.21. The number of hydrogen-bond acceptors (Lipinski definition) is 3. The van der Waals surface area contributed by atoms with Gasteiger partial charge < -0.3 is 16.4 Å². The first-order valence-corrected chi connectivity index (χ1v) is 3.65. The smallest absolute Gasteiger partial charge is 0.233 e. The van der Waals surface area contributed by atoms with Gasteiger partial charge in [0.2, 0.25) is 5.91 Å². The van der Waals surface area contributed by atoms with E-state index in [1.165, 1.54) is 0 Å². The second kappa shape index (κ2) is 2.84. The molecule has 0 aliphatic carbocycles. The van der Waals surface area contributed by atoms with Crippen molar-refractivity contribution in [1.82, 2.24) is 10.6 Å². The predicted molar refractivity (Wildman–Crippen MR) is 45.3 cm³/mol. The summed E-state index contributed by atoms with van der Waals surface area (Å²) in [5.41, 5.74) is 5.85. The molecule has 1 rings (SSSR count). The van der Waals surface area contributed by atoms with Crippen LogP contribution in [0.25, 0.3) is 0 Å². The molecule has 1 aliphatic rings. The number of rotatable bonds is 2. The second-order valence-electron chi connectivity index (χ2n) is 2.66. The van der Waals surface area contributed by atoms with Gasteiger partial charge in [-0.05, 0) is 6.92 Å². The fourth-order valence-corrected chi connectivity index (χ4v) is 1.21. The highest BCUT2D eigenvalue weighted by atomic mass is 16.2. The maximum Gasteiger partial charge on any atom is 0.233 e. The zero-order valence-corrected chi connectivity index (χ0v) is 7.06. The first-order valence-electron chi connectivity index (χ1n) is 3.65. The van der Waals surface area contributed by atoms with Gasteiger partial charge in [-0.2, -0.15) is 0 Å². The standard InChI is InChI=1S/C7H12N4O/c1-3-4(5(8)9)6(10-2)11-7(3)12/h3,10H,1-2H3,(H3,8,9)(H,11,12). The Bertz CT molecular complexity index is 269. The molecule has 0 fully saturated rings. The fraction of sp³-hybridized carbons (Fsp3) is 0.429. The summed E-state index contributed by atoms with van der Waals surface area (Å²) in [4.78, 5) is 11.1. The summed E-state index contributed by atoms with van der Waals surface area (Å²) in [6.45, 7) is 1.72. The minimum absolute atomic E-state index is 0.0646. The van der Waals surface area contributed by atoms with E-state index < -0.39 is 0 Å². The van der Waals surface area contributed by atoms with Crippen molar-refractivity contribution in [2.24, 2.45) is 11.7 Å². The van der Waals surface area contributed by atoms with Crippen molar-refractivity contribution in [3.8, 4) is 0 Å². The van der Waals surface area contributed by atoms with Crippen molar-refractivity contribution in [2.45, 2.75) is 6.92 Å². The molecular weight excluding hydrogens is 156 g/mol. The summed E-state index contributed by atoms with van der Waals surface area (Å²) >= 11 is 0. The Labute approximate surface area is 70.5 Å². The van der Waals surface area contributed by atoms with Crippen LogP contribution in [0.4, 0.5) is 0 Å². The van der Waals surface area contributed by atoms with Crippen LogP contribution in [0.15, 0.2) is 11.4 Å². The largest absolute Gasteiger partial charge is 0.384 e. The van der Waals surface area contributed by atoms with E-state index in [1.807, 2.05) is 0 Å². The zero-order valence-electron chi connectivity index (χ0n) is 7.06. The SMILES string of the molecule is CNC1=C(C(=N)N)C(C)C(=O)N1. The molecule has 1 aliphatic heterocycles. The van der Waals surface area contributed by atoms with E-state index in [-0.39, 0.29) is 17.7 Å². The van der Waals surface area contributed by atoms with E-state index in [4.69, 9.17) is 11.1 Å². The van der Waals surface area contributed by atoms with Crippen LogP contribution in [0.2, 0.25) is 0 Å². The summed E-state index contributed by atoms with van der Waals surface area (Å²) < 4.78 is 0. The van der Waals surface area contributed by atoms with Crippen molar-refractivity contribution < 1.29 is 4.79 Å². The van der Waals surface area contributed by atoms with Crippen molar-refractivity contribution in [3.63, 3.8) is 0 Å². The third kappa shape index (κ3) is 1.13. The van der Waals surface area contributed by atoms with Gasteiger partial charge in [0, 0.05) is 12.6 Å². The lowest BCUT2D eigenvalue weighted by molar-refractivity contribution is -0.121. The molecule has 0 radical (unpaired) electrons. The van der Waals surface area contributed by atoms with E-state index >= 15 is 0 Å². The molecule has 0 bridgehead atoms. The van der Waals surface area contributed by atoms with Gasteiger partial charge in [-0.15, -0.1) is 0 Å². The Kier molecular flexibility index (Phi) is 2.03. The van der Waals surface area contributed by atoms with Crippen molar-refractivity contribution >= 4 is 11.7 Å². The predicted octanol–water partition coefficient (Wildman–Crippen LogP) is -0.881. The number of carbonyl (C=O) groups excluding carboxylic acids is 1. The van der Waals surface area contributed by atoms with Crippen molar-refractivity contribution in [3.05, 3.63) is 11.4 Å². The highest BCUT2D eigenvalue weighted by Crippen LogP contribution is 2.18. The van der Waals surface area contributed by atoms with E-state index in [1.54, 1.807) is 14.0 Å². The molecule has 12 heavy (non-hydrogen) atoms. The number of nitrogens with two attached hydrogens (primary N) is 1. The van der Waals surface area contributed by atoms with Gasteiger partial charge in [0.25, 0.3) is 0 Å². The molecule has 0 aromatic heterocycles. The Hall–Kier alpha value is -1.52. The zero-order chi connectivity index (χ0) is 9.30. The minimum Gasteiger partial charge on any atom is -0.384 e. The summed E-state index contributed by atoms with van der Waals surface area (Å²) in [7, 11) is 1.68. The van der Waals surface area contributed by atoms with Crippen molar-refractivity contribution in [2.75, 3.05) is 7.05 Å². The highest BCUT2D eigenvalue weighted by molar-refractivity contribution is 6.04. The summed E-state index contributed by atoms with van der Waals surface area (Å²) in [6, 6.07) is 0. The van der Waals surface area contributed by atoms with E-state index in [2.05, 4.69) is 10.6 Å². The van der Waals surface area contributed by atoms with E-state index in [0.717, 1.165) is 0 Å². The monoisotopic (exact) mass is 168 g/mol. The van der Waals surface area contributed by atoms with Crippen LogP contribution in [-0.2, 0) is 4.79 Å². The van der Waals surface area contributed by atoms with Gasteiger partial charge in [0.05, 0.1) is 5.92 Å². The lowest BCUT2D eigenvalue weighted by Crippen LogP contribution is -2.25. The molecule has 5 N–H and O–H groups in total. The topological polar surface area (TPSA) is 91.0 Å². The summed E-state index contributed by atoms with van der Waals surface area (Å²) in [5, 5.41) is 12.6. The minimum atomic E-state index is -0.329. The van der Waals surface area contributed by atoms with E-state index in [0.29, 0.717) is 11.4 Å². The van der Waals surface area contributed by atoms with Gasteiger partial charge in [-0.1, -0.05) is 0 Å². The van der Waals surface area contributed by atoms with Crippen LogP contribution >= 0.6 is 0 Å². The Morgan fingerprint density at radius 2 is 2.33 bits per heavy atom. The quantitative estimate of drug-likeness (QED) is 0.319.